The number of nitrogens with zero attached hydrogens (tertiary/aromatic N) is 1. The molecular weight excluding hydrogens is 406 g/mol. The van der Waals surface area contributed by atoms with Crippen molar-refractivity contribution in [2.24, 2.45) is 0 Å². The van der Waals surface area contributed by atoms with Gasteiger partial charge in [-0.25, -0.2) is 0 Å². The van der Waals surface area contributed by atoms with Crippen molar-refractivity contribution in [2.75, 3.05) is 7.11 Å². The van der Waals surface area contributed by atoms with Gasteiger partial charge in [-0.15, -0.1) is 0 Å². The molecule has 0 fully saturated rings. The van der Waals surface area contributed by atoms with Crippen molar-refractivity contribution in [1.82, 2.24) is 0 Å². The average molecular weight is 417 g/mol. The van der Waals surface area contributed by atoms with E-state index in [2.05, 4.69) is 31.9 Å². The van der Waals surface area contributed by atoms with Crippen molar-refractivity contribution in [3.63, 3.8) is 0 Å². The molecule has 0 aliphatic carbocycles. The Morgan fingerprint density at radius 3 is 2.62 bits per heavy atom. The molecule has 0 aliphatic rings. The third-order valence-corrected chi connectivity index (χ3v) is 4.04. The standard InChI is InChI=1S/C14H11Br2NO4/c1-20-13-4-2-3-11(16)14(13)21-8-9-5-6-10(15)12(7-9)17(18)19/h2-7H,8H2,1H3. The van der Waals surface area contributed by atoms with E-state index in [9.17, 15) is 10.1 Å². The molecular formula is C14H11Br2NO4. The highest BCUT2D eigenvalue weighted by Crippen LogP contribution is 2.35. The maximum atomic E-state index is 10.9. The number of para-hydroxylation sites is 1. The quantitative estimate of drug-likeness (QED) is 0.523. The fourth-order valence-corrected chi connectivity index (χ4v) is 2.59. The van der Waals surface area contributed by atoms with E-state index in [-0.39, 0.29) is 12.3 Å². The Bertz CT molecular complexity index is 676. The topological polar surface area (TPSA) is 61.6 Å². The van der Waals surface area contributed by atoms with Gasteiger partial charge in [0.2, 0.25) is 0 Å². The Balaban J connectivity index is 2.21. The van der Waals surface area contributed by atoms with Crippen LogP contribution < -0.4 is 9.47 Å². The summed E-state index contributed by atoms with van der Waals surface area (Å²) in [6.45, 7) is 0.201. The Morgan fingerprint density at radius 1 is 1.19 bits per heavy atom. The highest BCUT2D eigenvalue weighted by Gasteiger charge is 2.14. The smallest absolute Gasteiger partial charge is 0.283 e. The van der Waals surface area contributed by atoms with Crippen LogP contribution in [-0.4, -0.2) is 12.0 Å². The fourth-order valence-electron chi connectivity index (χ4n) is 1.73. The molecule has 2 aromatic carbocycles. The predicted octanol–water partition coefficient (Wildman–Crippen LogP) is 4.71. The van der Waals surface area contributed by atoms with Crippen molar-refractivity contribution < 1.29 is 14.4 Å². The van der Waals surface area contributed by atoms with Crippen molar-refractivity contribution in [1.29, 1.82) is 0 Å². The minimum atomic E-state index is -0.438. The molecule has 0 saturated heterocycles. The van der Waals surface area contributed by atoms with Gasteiger partial charge in [0.05, 0.1) is 21.0 Å². The largest absolute Gasteiger partial charge is 0.493 e. The molecule has 5 nitrogen and oxygen atoms in total. The first kappa shape index (κ1) is 15.8. The molecule has 0 aromatic heterocycles. The summed E-state index contributed by atoms with van der Waals surface area (Å²) in [5, 5.41) is 10.9. The zero-order chi connectivity index (χ0) is 15.4. The Kier molecular flexibility index (Phi) is 5.19. The summed E-state index contributed by atoms with van der Waals surface area (Å²) < 4.78 is 12.1. The summed E-state index contributed by atoms with van der Waals surface area (Å²) >= 11 is 6.54. The van der Waals surface area contributed by atoms with E-state index in [0.29, 0.717) is 21.5 Å². The van der Waals surface area contributed by atoms with Gasteiger partial charge < -0.3 is 9.47 Å². The number of hydrogen-bond acceptors (Lipinski definition) is 4. The summed E-state index contributed by atoms with van der Waals surface area (Å²) in [6.07, 6.45) is 0. The molecule has 2 rings (SSSR count). The van der Waals surface area contributed by atoms with E-state index in [1.165, 1.54) is 6.07 Å². The molecule has 7 heteroatoms. The Morgan fingerprint density at radius 2 is 1.95 bits per heavy atom. The van der Waals surface area contributed by atoms with Crippen LogP contribution in [0.15, 0.2) is 45.3 Å². The monoisotopic (exact) mass is 415 g/mol. The first-order chi connectivity index (χ1) is 10.0. The molecule has 0 aliphatic heterocycles. The van der Waals surface area contributed by atoms with E-state index >= 15 is 0 Å². The first-order valence-corrected chi connectivity index (χ1v) is 7.49. The number of ether oxygens (including phenoxy) is 2. The second-order valence-corrected chi connectivity index (χ2v) is 5.81. The lowest BCUT2D eigenvalue weighted by atomic mass is 10.2. The lowest BCUT2D eigenvalue weighted by Crippen LogP contribution is -1.99. The lowest BCUT2D eigenvalue weighted by Gasteiger charge is -2.12. The minimum absolute atomic E-state index is 0.00944. The van der Waals surface area contributed by atoms with Crippen LogP contribution in [0.2, 0.25) is 0 Å². The second kappa shape index (κ2) is 6.91. The molecule has 2 aromatic rings. The molecule has 0 heterocycles. The lowest BCUT2D eigenvalue weighted by molar-refractivity contribution is -0.385. The number of nitro groups is 1. The summed E-state index contributed by atoms with van der Waals surface area (Å²) in [6, 6.07) is 10.3. The number of halogens is 2. The molecule has 21 heavy (non-hydrogen) atoms. The molecule has 0 N–H and O–H groups in total. The number of nitro benzene ring substituents is 1. The zero-order valence-electron chi connectivity index (χ0n) is 11.0. The van der Waals surface area contributed by atoms with Crippen molar-refractivity contribution in [3.05, 3.63) is 61.0 Å². The van der Waals surface area contributed by atoms with Crippen LogP contribution >= 0.6 is 31.9 Å². The molecule has 0 radical (unpaired) electrons. The average Bonchev–Trinajstić information content (AvgIpc) is 2.46. The van der Waals surface area contributed by atoms with Crippen LogP contribution in [0.25, 0.3) is 0 Å². The zero-order valence-corrected chi connectivity index (χ0v) is 14.2. The van der Waals surface area contributed by atoms with Crippen molar-refractivity contribution in [2.45, 2.75) is 6.61 Å². The van der Waals surface area contributed by atoms with Crippen LogP contribution in [0.1, 0.15) is 5.56 Å². The maximum Gasteiger partial charge on any atom is 0.283 e. The summed E-state index contributed by atoms with van der Waals surface area (Å²) in [5.41, 5.74) is 0.706. The van der Waals surface area contributed by atoms with Gasteiger partial charge in [-0.2, -0.15) is 0 Å². The van der Waals surface area contributed by atoms with E-state index in [1.54, 1.807) is 25.3 Å². The molecule has 0 atom stereocenters. The third-order valence-electron chi connectivity index (χ3n) is 2.74. The molecule has 0 unspecified atom stereocenters. The van der Waals surface area contributed by atoms with Gasteiger partial charge >= 0.3 is 0 Å². The SMILES string of the molecule is COc1cccc(Br)c1OCc1ccc(Br)c([N+](=O)[O-])c1. The van der Waals surface area contributed by atoms with Gasteiger partial charge in [-0.3, -0.25) is 10.1 Å². The van der Waals surface area contributed by atoms with Gasteiger partial charge in [-0.1, -0.05) is 12.1 Å². The molecule has 0 saturated carbocycles. The van der Waals surface area contributed by atoms with Crippen LogP contribution in [0.5, 0.6) is 11.5 Å². The molecule has 110 valence electrons. The number of methoxy groups -OCH3 is 1. The van der Waals surface area contributed by atoms with Gasteiger partial charge in [0.1, 0.15) is 6.61 Å². The molecule has 0 amide bonds. The normalized spacial score (nSPS) is 10.2. The van der Waals surface area contributed by atoms with Gasteiger partial charge in [0.25, 0.3) is 5.69 Å². The van der Waals surface area contributed by atoms with E-state index in [0.717, 1.165) is 4.47 Å². The molecule has 0 spiro atoms. The number of hydrogen-bond donors (Lipinski definition) is 0. The van der Waals surface area contributed by atoms with Crippen molar-refractivity contribution >= 4 is 37.5 Å². The van der Waals surface area contributed by atoms with E-state index < -0.39 is 4.92 Å². The van der Waals surface area contributed by atoms with Gasteiger partial charge in [0, 0.05) is 6.07 Å². The van der Waals surface area contributed by atoms with Crippen LogP contribution in [0.4, 0.5) is 5.69 Å². The van der Waals surface area contributed by atoms with E-state index in [4.69, 9.17) is 9.47 Å². The van der Waals surface area contributed by atoms with Gasteiger partial charge in [0.15, 0.2) is 11.5 Å². The minimum Gasteiger partial charge on any atom is -0.493 e. The number of rotatable bonds is 5. The second-order valence-electron chi connectivity index (χ2n) is 4.10. The fraction of sp³-hybridized carbons (Fsp3) is 0.143. The summed E-state index contributed by atoms with van der Waals surface area (Å²) in [4.78, 5) is 10.5. The van der Waals surface area contributed by atoms with Crippen molar-refractivity contribution in [3.8, 4) is 11.5 Å². The van der Waals surface area contributed by atoms with Crippen LogP contribution in [-0.2, 0) is 6.61 Å². The molecule has 0 bridgehead atoms. The Hall–Kier alpha value is -1.60. The third kappa shape index (κ3) is 3.74. The van der Waals surface area contributed by atoms with Crippen LogP contribution in [0, 0.1) is 10.1 Å². The van der Waals surface area contributed by atoms with Gasteiger partial charge in [-0.05, 0) is 55.6 Å². The maximum absolute atomic E-state index is 10.9. The summed E-state index contributed by atoms with van der Waals surface area (Å²) in [7, 11) is 1.55. The van der Waals surface area contributed by atoms with Crippen LogP contribution in [0.3, 0.4) is 0 Å². The first-order valence-electron chi connectivity index (χ1n) is 5.91. The Labute approximate surface area is 138 Å². The highest BCUT2D eigenvalue weighted by molar-refractivity contribution is 9.11. The predicted molar refractivity (Wildman–Crippen MR) is 85.8 cm³/mol. The highest BCUT2D eigenvalue weighted by atomic mass is 79.9. The number of benzene rings is 2. The van der Waals surface area contributed by atoms with E-state index in [1.807, 2.05) is 12.1 Å². The summed E-state index contributed by atoms with van der Waals surface area (Å²) in [5.74, 6) is 1.15.